The number of anilines is 1. The van der Waals surface area contributed by atoms with Crippen LogP contribution in [0.1, 0.15) is 55.8 Å². The number of hydrogen-bond acceptors (Lipinski definition) is 6. The van der Waals surface area contributed by atoms with E-state index in [1.165, 1.54) is 11.3 Å². The highest BCUT2D eigenvalue weighted by molar-refractivity contribution is 6.05. The molecule has 6 rings (SSSR count). The first-order valence-corrected chi connectivity index (χ1v) is 15.4. The van der Waals surface area contributed by atoms with Crippen LogP contribution in [0.25, 0.3) is 0 Å². The summed E-state index contributed by atoms with van der Waals surface area (Å²) >= 11 is 0. The number of amides is 2. The van der Waals surface area contributed by atoms with Gasteiger partial charge in [0.2, 0.25) is 5.91 Å². The van der Waals surface area contributed by atoms with Crippen LogP contribution in [0.5, 0.6) is 0 Å². The molecule has 0 radical (unpaired) electrons. The van der Waals surface area contributed by atoms with Gasteiger partial charge < -0.3 is 20.0 Å². The Kier molecular flexibility index (Phi) is 8.17. The number of likely N-dealkylation sites (N-methyl/N-ethyl adjacent to an activating group) is 1. The summed E-state index contributed by atoms with van der Waals surface area (Å²) in [6.07, 6.45) is 7.76. The number of nitrogens with zero attached hydrogens (tertiary/aromatic N) is 5. The van der Waals surface area contributed by atoms with Crippen molar-refractivity contribution in [2.75, 3.05) is 45.1 Å². The molecule has 5 heterocycles. The molecular formula is C33H39F3N6O2. The van der Waals surface area contributed by atoms with E-state index in [1.54, 1.807) is 0 Å². The second-order valence-electron chi connectivity index (χ2n) is 12.3. The highest BCUT2D eigenvalue weighted by Crippen LogP contribution is 2.37. The highest BCUT2D eigenvalue weighted by Gasteiger charge is 2.50. The van der Waals surface area contributed by atoms with Crippen LogP contribution in [0.3, 0.4) is 0 Å². The monoisotopic (exact) mass is 608 g/mol. The van der Waals surface area contributed by atoms with Gasteiger partial charge in [-0.15, -0.1) is 0 Å². The van der Waals surface area contributed by atoms with Crippen molar-refractivity contribution in [2.24, 2.45) is 4.99 Å². The molecule has 234 valence electrons. The zero-order valence-corrected chi connectivity index (χ0v) is 25.2. The lowest BCUT2D eigenvalue weighted by Crippen LogP contribution is -2.68. The van der Waals surface area contributed by atoms with Crippen molar-refractivity contribution >= 4 is 23.3 Å². The van der Waals surface area contributed by atoms with E-state index in [0.29, 0.717) is 24.4 Å². The zero-order chi connectivity index (χ0) is 31.1. The minimum absolute atomic E-state index is 0.0615. The number of amidine groups is 1. The van der Waals surface area contributed by atoms with E-state index in [9.17, 15) is 22.8 Å². The molecule has 5 aliphatic rings. The normalized spacial score (nSPS) is 23.0. The summed E-state index contributed by atoms with van der Waals surface area (Å²) in [6.45, 7) is 5.43. The van der Waals surface area contributed by atoms with Gasteiger partial charge in [-0.3, -0.25) is 14.5 Å². The standard InChI is InChI=1S/C33H39F3N6O2/c1-3-26-20-28(37-25-9-7-24(8-10-25)31(44)41-21-32(22-41)14-5-16-39(32)2)38-30-27(6-4-17-42(26)30)23-12-18-40(19-13-23)29(43)11-15-33(34,35)36/h4,6-10,12,17,20,26,37H,3,5,11,13-16,18-19,21-22H2,1-2H3/t26-/m0/s1. The number of alkyl halides is 3. The van der Waals surface area contributed by atoms with Crippen LogP contribution in [-0.2, 0) is 4.79 Å². The maximum atomic E-state index is 13.1. The molecule has 0 unspecified atom stereocenters. The quantitative estimate of drug-likeness (QED) is 0.455. The highest BCUT2D eigenvalue weighted by atomic mass is 19.4. The van der Waals surface area contributed by atoms with Crippen molar-refractivity contribution in [3.05, 3.63) is 77.3 Å². The van der Waals surface area contributed by atoms with Crippen molar-refractivity contribution in [3.63, 3.8) is 0 Å². The number of allylic oxidation sites excluding steroid dienone is 2. The van der Waals surface area contributed by atoms with Gasteiger partial charge in [-0.2, -0.15) is 13.2 Å². The van der Waals surface area contributed by atoms with Gasteiger partial charge >= 0.3 is 6.18 Å². The third kappa shape index (κ3) is 6.06. The molecule has 1 aromatic rings. The van der Waals surface area contributed by atoms with Crippen molar-refractivity contribution in [3.8, 4) is 0 Å². The molecular weight excluding hydrogens is 569 g/mol. The SMILES string of the molecule is CC[C@H]1C=C(Nc2ccc(C(=O)N3CC4(CCCN4C)C3)cc2)N=C2C(C3=CCN(C(=O)CCC(F)(F)F)CC3)=CC=CN21. The second-order valence-corrected chi connectivity index (χ2v) is 12.3. The lowest BCUT2D eigenvalue weighted by Gasteiger charge is -2.51. The number of aliphatic imine (C=N–C) groups is 1. The second kappa shape index (κ2) is 11.9. The Labute approximate surface area is 256 Å². The van der Waals surface area contributed by atoms with E-state index < -0.39 is 24.9 Å². The van der Waals surface area contributed by atoms with Gasteiger partial charge in [-0.05, 0) is 87.3 Å². The van der Waals surface area contributed by atoms with Gasteiger partial charge in [0.15, 0.2) is 0 Å². The molecule has 0 bridgehead atoms. The average molecular weight is 609 g/mol. The number of fused-ring (bicyclic) bond motifs is 1. The molecule has 5 aliphatic heterocycles. The van der Waals surface area contributed by atoms with Gasteiger partial charge in [0.05, 0.1) is 18.0 Å². The predicted octanol–water partition coefficient (Wildman–Crippen LogP) is 5.31. The smallest absolute Gasteiger partial charge is 0.340 e. The van der Waals surface area contributed by atoms with Crippen LogP contribution in [0.2, 0.25) is 0 Å². The van der Waals surface area contributed by atoms with Gasteiger partial charge in [0, 0.05) is 55.6 Å². The number of carbonyl (C=O) groups is 2. The Hall–Kier alpha value is -3.86. The van der Waals surface area contributed by atoms with Crippen LogP contribution in [-0.4, -0.2) is 94.8 Å². The molecule has 1 atom stereocenters. The molecule has 1 aromatic carbocycles. The largest absolute Gasteiger partial charge is 0.389 e. The molecule has 0 aromatic heterocycles. The fraction of sp³-hybridized carbons (Fsp3) is 0.485. The molecule has 11 heteroatoms. The molecule has 8 nitrogen and oxygen atoms in total. The van der Waals surface area contributed by atoms with Crippen LogP contribution in [0, 0.1) is 0 Å². The Balaban J connectivity index is 1.11. The number of likely N-dealkylation sites (tertiary alicyclic amines) is 2. The van der Waals surface area contributed by atoms with E-state index >= 15 is 0 Å². The van der Waals surface area contributed by atoms with Crippen molar-refractivity contribution in [2.45, 2.75) is 63.2 Å². The minimum Gasteiger partial charge on any atom is -0.340 e. The van der Waals surface area contributed by atoms with Gasteiger partial charge in [-0.25, -0.2) is 4.99 Å². The number of benzene rings is 1. The first kappa shape index (κ1) is 30.2. The number of carbonyl (C=O) groups excluding carboxylic acids is 2. The maximum Gasteiger partial charge on any atom is 0.389 e. The van der Waals surface area contributed by atoms with Crippen LogP contribution >= 0.6 is 0 Å². The molecule has 44 heavy (non-hydrogen) atoms. The summed E-state index contributed by atoms with van der Waals surface area (Å²) in [4.78, 5) is 38.3. The van der Waals surface area contributed by atoms with E-state index in [4.69, 9.17) is 4.99 Å². The third-order valence-corrected chi connectivity index (χ3v) is 9.48. The predicted molar refractivity (Wildman–Crippen MR) is 164 cm³/mol. The van der Waals surface area contributed by atoms with Crippen molar-refractivity contribution in [1.82, 2.24) is 19.6 Å². The summed E-state index contributed by atoms with van der Waals surface area (Å²) in [6, 6.07) is 7.60. The average Bonchev–Trinajstić information content (AvgIpc) is 3.39. The summed E-state index contributed by atoms with van der Waals surface area (Å²) < 4.78 is 37.8. The minimum atomic E-state index is -4.34. The Bertz CT molecular complexity index is 1450. The Morgan fingerprint density at radius 2 is 1.89 bits per heavy atom. The lowest BCUT2D eigenvalue weighted by atomic mass is 9.86. The summed E-state index contributed by atoms with van der Waals surface area (Å²) in [5.41, 5.74) is 3.63. The number of hydrogen-bond donors (Lipinski definition) is 1. The van der Waals surface area contributed by atoms with Gasteiger partial charge in [-0.1, -0.05) is 13.0 Å². The van der Waals surface area contributed by atoms with Gasteiger partial charge in [0.25, 0.3) is 5.91 Å². The molecule has 2 amide bonds. The fourth-order valence-electron chi connectivity index (χ4n) is 6.80. The fourth-order valence-corrected chi connectivity index (χ4v) is 6.80. The number of rotatable bonds is 7. The van der Waals surface area contributed by atoms with E-state index in [-0.39, 0.29) is 24.0 Å². The molecule has 0 aliphatic carbocycles. The summed E-state index contributed by atoms with van der Waals surface area (Å²) in [5.74, 6) is 1.09. The number of nitrogens with one attached hydrogen (secondary N) is 1. The summed E-state index contributed by atoms with van der Waals surface area (Å²) in [5, 5.41) is 3.42. The van der Waals surface area contributed by atoms with Crippen LogP contribution < -0.4 is 5.32 Å². The first-order valence-electron chi connectivity index (χ1n) is 15.4. The van der Waals surface area contributed by atoms with E-state index in [0.717, 1.165) is 55.1 Å². The van der Waals surface area contributed by atoms with Crippen LogP contribution in [0.15, 0.2) is 76.7 Å². The van der Waals surface area contributed by atoms with Crippen molar-refractivity contribution < 1.29 is 22.8 Å². The molecule has 2 saturated heterocycles. The topological polar surface area (TPSA) is 71.5 Å². The molecule has 2 fully saturated rings. The maximum absolute atomic E-state index is 13.1. The van der Waals surface area contributed by atoms with Gasteiger partial charge in [0.1, 0.15) is 11.7 Å². The molecule has 1 N–H and O–H groups in total. The Morgan fingerprint density at radius 3 is 2.52 bits per heavy atom. The molecule has 0 saturated carbocycles. The number of halogens is 3. The zero-order valence-electron chi connectivity index (χ0n) is 25.2. The van der Waals surface area contributed by atoms with E-state index in [2.05, 4.69) is 35.2 Å². The van der Waals surface area contributed by atoms with Crippen molar-refractivity contribution in [1.29, 1.82) is 0 Å². The van der Waals surface area contributed by atoms with Crippen LogP contribution in [0.4, 0.5) is 18.9 Å². The third-order valence-electron chi connectivity index (χ3n) is 9.48. The molecule has 1 spiro atoms. The first-order chi connectivity index (χ1) is 21.0. The van der Waals surface area contributed by atoms with E-state index in [1.807, 2.05) is 53.6 Å². The Morgan fingerprint density at radius 1 is 1.11 bits per heavy atom. The summed E-state index contributed by atoms with van der Waals surface area (Å²) in [7, 11) is 2.15. The lowest BCUT2D eigenvalue weighted by molar-refractivity contribution is -0.148.